The fourth-order valence-corrected chi connectivity index (χ4v) is 2.57. The molecule has 3 rings (SSSR count). The second-order valence-corrected chi connectivity index (χ2v) is 5.71. The van der Waals surface area contributed by atoms with Gasteiger partial charge >= 0.3 is 0 Å². The summed E-state index contributed by atoms with van der Waals surface area (Å²) in [4.78, 5) is 11.8. The summed E-state index contributed by atoms with van der Waals surface area (Å²) >= 11 is 1.43. The molecular weight excluding hydrogens is 292 g/mol. The molecule has 1 aromatic rings. The number of carbonyl (C=O) groups is 1. The number of benzene rings is 1. The van der Waals surface area contributed by atoms with Gasteiger partial charge in [0.15, 0.2) is 11.5 Å². The predicted octanol–water partition coefficient (Wildman–Crippen LogP) is 0.574. The number of rotatable bonds is 4. The van der Waals surface area contributed by atoms with Crippen LogP contribution in [0, 0.1) is 0 Å². The van der Waals surface area contributed by atoms with Crippen LogP contribution in [0.4, 0.5) is 0 Å². The molecule has 1 amide bonds. The van der Waals surface area contributed by atoms with Crippen LogP contribution in [0.1, 0.15) is 12.5 Å². The Morgan fingerprint density at radius 3 is 3.00 bits per heavy atom. The van der Waals surface area contributed by atoms with Crippen molar-refractivity contribution in [3.05, 3.63) is 23.8 Å². The Kier molecular flexibility index (Phi) is 3.64. The van der Waals surface area contributed by atoms with Crippen molar-refractivity contribution >= 4 is 23.4 Å². The highest BCUT2D eigenvalue weighted by molar-refractivity contribution is 7.99. The largest absolute Gasteiger partial charge is 0.454 e. The predicted molar refractivity (Wildman–Crippen MR) is 80.0 cm³/mol. The van der Waals surface area contributed by atoms with Gasteiger partial charge in [0.05, 0.1) is 0 Å². The zero-order valence-electron chi connectivity index (χ0n) is 11.7. The third-order valence-electron chi connectivity index (χ3n) is 3.28. The van der Waals surface area contributed by atoms with Crippen molar-refractivity contribution in [2.75, 3.05) is 13.0 Å². The smallest absolute Gasteiger partial charge is 0.270 e. The number of ether oxygens (including phenoxy) is 2. The van der Waals surface area contributed by atoms with Gasteiger partial charge in [-0.2, -0.15) is 5.10 Å². The third-order valence-corrected chi connectivity index (χ3v) is 4.23. The summed E-state index contributed by atoms with van der Waals surface area (Å²) in [6.45, 7) is 2.45. The first-order valence-corrected chi connectivity index (χ1v) is 7.67. The van der Waals surface area contributed by atoms with Crippen molar-refractivity contribution in [1.29, 1.82) is 0 Å². The molecule has 3 N–H and O–H groups in total. The normalized spacial score (nSPS) is 23.3. The zero-order valence-corrected chi connectivity index (χ0v) is 12.5. The molecule has 2 aliphatic rings. The Labute approximate surface area is 126 Å². The van der Waals surface area contributed by atoms with E-state index in [0.717, 1.165) is 17.1 Å². The van der Waals surface area contributed by atoms with Crippen LogP contribution in [0.25, 0.3) is 0 Å². The molecule has 1 atom stereocenters. The standard InChI is InChI=1S/C13H16N4O3S/c1-8-12(18)15-13(21-2,17-16-8)14-6-9-3-4-10-11(5-9)20-7-19-10/h3-5,14,17H,6-7H2,1-2H3,(H,15,18)/t13-/m1/s1. The molecule has 0 aromatic heterocycles. The molecule has 0 bridgehead atoms. The minimum atomic E-state index is -0.813. The quantitative estimate of drug-likeness (QED) is 0.706. The lowest BCUT2D eigenvalue weighted by Crippen LogP contribution is -2.67. The number of carbonyl (C=O) groups excluding carboxylic acids is 1. The van der Waals surface area contributed by atoms with Crippen molar-refractivity contribution < 1.29 is 14.3 Å². The van der Waals surface area contributed by atoms with Crippen LogP contribution in [0.2, 0.25) is 0 Å². The van der Waals surface area contributed by atoms with Crippen molar-refractivity contribution in [2.45, 2.75) is 18.6 Å². The minimum absolute atomic E-state index is 0.193. The van der Waals surface area contributed by atoms with Gasteiger partial charge in [-0.05, 0) is 30.9 Å². The summed E-state index contributed by atoms with van der Waals surface area (Å²) < 4.78 is 10.6. The molecule has 112 valence electrons. The molecule has 2 heterocycles. The van der Waals surface area contributed by atoms with E-state index in [-0.39, 0.29) is 12.7 Å². The van der Waals surface area contributed by atoms with E-state index in [1.165, 1.54) is 11.8 Å². The monoisotopic (exact) mass is 308 g/mol. The Balaban J connectivity index is 1.70. The molecule has 0 radical (unpaired) electrons. The molecule has 0 fully saturated rings. The van der Waals surface area contributed by atoms with Crippen LogP contribution in [0.5, 0.6) is 11.5 Å². The Bertz CT molecular complexity index is 607. The lowest BCUT2D eigenvalue weighted by molar-refractivity contribution is -0.117. The average molecular weight is 308 g/mol. The topological polar surface area (TPSA) is 84.0 Å². The summed E-state index contributed by atoms with van der Waals surface area (Å²) in [5.41, 5.74) is 4.37. The minimum Gasteiger partial charge on any atom is -0.454 e. The molecular formula is C13H16N4O3S. The fourth-order valence-electron chi connectivity index (χ4n) is 2.02. The lowest BCUT2D eigenvalue weighted by atomic mass is 10.2. The number of nitrogens with zero attached hydrogens (tertiary/aromatic N) is 1. The van der Waals surface area contributed by atoms with Crippen LogP contribution in [0.15, 0.2) is 23.3 Å². The average Bonchev–Trinajstić information content (AvgIpc) is 2.96. The maximum absolute atomic E-state index is 11.8. The van der Waals surface area contributed by atoms with E-state index < -0.39 is 5.12 Å². The highest BCUT2D eigenvalue weighted by Crippen LogP contribution is 2.32. The Morgan fingerprint density at radius 2 is 2.24 bits per heavy atom. The zero-order chi connectivity index (χ0) is 14.9. The molecule has 8 heteroatoms. The van der Waals surface area contributed by atoms with Crippen molar-refractivity contribution in [3.63, 3.8) is 0 Å². The molecule has 0 saturated carbocycles. The first-order valence-electron chi connectivity index (χ1n) is 6.44. The van der Waals surface area contributed by atoms with Crippen molar-refractivity contribution in [2.24, 2.45) is 5.10 Å². The Morgan fingerprint density at radius 1 is 1.43 bits per heavy atom. The van der Waals surface area contributed by atoms with Gasteiger partial charge < -0.3 is 14.8 Å². The first-order chi connectivity index (χ1) is 10.1. The van der Waals surface area contributed by atoms with Gasteiger partial charge in [-0.15, -0.1) is 0 Å². The van der Waals surface area contributed by atoms with Crippen LogP contribution < -0.4 is 25.5 Å². The number of nitrogens with one attached hydrogen (secondary N) is 3. The maximum atomic E-state index is 11.8. The lowest BCUT2D eigenvalue weighted by Gasteiger charge is -2.36. The highest BCUT2D eigenvalue weighted by atomic mass is 32.2. The highest BCUT2D eigenvalue weighted by Gasteiger charge is 2.34. The number of amides is 1. The van der Waals surface area contributed by atoms with Crippen LogP contribution >= 0.6 is 11.8 Å². The molecule has 0 aliphatic carbocycles. The van der Waals surface area contributed by atoms with Crippen molar-refractivity contribution in [1.82, 2.24) is 16.1 Å². The second kappa shape index (κ2) is 5.45. The first kappa shape index (κ1) is 14.0. The fraction of sp³-hybridized carbons (Fsp3) is 0.385. The molecule has 0 unspecified atom stereocenters. The van der Waals surface area contributed by atoms with Gasteiger partial charge in [0, 0.05) is 6.54 Å². The van der Waals surface area contributed by atoms with Crippen LogP contribution in [-0.2, 0) is 11.3 Å². The van der Waals surface area contributed by atoms with E-state index in [9.17, 15) is 4.79 Å². The van der Waals surface area contributed by atoms with Gasteiger partial charge in [-0.3, -0.25) is 15.5 Å². The molecule has 1 aromatic carbocycles. The van der Waals surface area contributed by atoms with Gasteiger partial charge in [-0.25, -0.2) is 0 Å². The molecule has 2 aliphatic heterocycles. The van der Waals surface area contributed by atoms with E-state index in [4.69, 9.17) is 9.47 Å². The number of thioether (sulfide) groups is 1. The van der Waals surface area contributed by atoms with Gasteiger partial charge in [0.25, 0.3) is 5.91 Å². The molecule has 21 heavy (non-hydrogen) atoms. The number of hydrogen-bond donors (Lipinski definition) is 3. The number of hydrogen-bond acceptors (Lipinski definition) is 7. The SMILES string of the molecule is CS[C@@]1(NCc2ccc3c(c2)OCO3)NN=C(C)C(=O)N1. The van der Waals surface area contributed by atoms with Crippen LogP contribution in [0.3, 0.4) is 0 Å². The van der Waals surface area contributed by atoms with E-state index in [1.54, 1.807) is 6.92 Å². The Hall–Kier alpha value is -1.93. The summed E-state index contributed by atoms with van der Waals surface area (Å²) in [6, 6.07) is 5.75. The van der Waals surface area contributed by atoms with Crippen molar-refractivity contribution in [3.8, 4) is 11.5 Å². The van der Waals surface area contributed by atoms with E-state index >= 15 is 0 Å². The van der Waals surface area contributed by atoms with Gasteiger partial charge in [-0.1, -0.05) is 17.8 Å². The summed E-state index contributed by atoms with van der Waals surface area (Å²) in [5, 5.41) is 9.35. The van der Waals surface area contributed by atoms with Crippen LogP contribution in [-0.4, -0.2) is 29.8 Å². The maximum Gasteiger partial charge on any atom is 0.270 e. The van der Waals surface area contributed by atoms with E-state index in [2.05, 4.69) is 21.2 Å². The number of fused-ring (bicyclic) bond motifs is 1. The van der Waals surface area contributed by atoms with Gasteiger partial charge in [0.2, 0.25) is 11.9 Å². The molecule has 0 saturated heterocycles. The summed E-state index contributed by atoms with van der Waals surface area (Å²) in [7, 11) is 0. The number of hydrazone groups is 1. The second-order valence-electron chi connectivity index (χ2n) is 4.69. The summed E-state index contributed by atoms with van der Waals surface area (Å²) in [5.74, 6) is 1.30. The van der Waals surface area contributed by atoms with Gasteiger partial charge in [0.1, 0.15) is 5.71 Å². The summed E-state index contributed by atoms with van der Waals surface area (Å²) in [6.07, 6.45) is 1.89. The molecule has 0 spiro atoms. The van der Waals surface area contributed by atoms with E-state index in [1.807, 2.05) is 24.5 Å². The van der Waals surface area contributed by atoms with E-state index in [0.29, 0.717) is 12.3 Å². The third kappa shape index (κ3) is 2.77. The molecule has 7 nitrogen and oxygen atoms in total.